The normalized spacial score (nSPS) is 12.5. The van der Waals surface area contributed by atoms with Crippen molar-refractivity contribution in [2.45, 2.75) is 380 Å². The van der Waals surface area contributed by atoms with Crippen LogP contribution in [0.3, 0.4) is 0 Å². The van der Waals surface area contributed by atoms with Gasteiger partial charge in [-0.3, -0.25) is 14.4 Å². The van der Waals surface area contributed by atoms with Crippen molar-refractivity contribution in [1.82, 2.24) is 0 Å². The molecule has 0 N–H and O–H groups in total. The largest absolute Gasteiger partial charge is 0.462 e. The Labute approximate surface area is 510 Å². The Bertz CT molecular complexity index is 1500. The molecule has 0 rings (SSSR count). The summed E-state index contributed by atoms with van der Waals surface area (Å²) < 4.78 is 17.0. The van der Waals surface area contributed by atoms with E-state index in [1.54, 1.807) is 0 Å². The minimum absolute atomic E-state index is 0.0726. The van der Waals surface area contributed by atoms with Crippen LogP contribution in [0.15, 0.2) is 72.9 Å². The Morgan fingerprint density at radius 3 is 0.756 bits per heavy atom. The van der Waals surface area contributed by atoms with Gasteiger partial charge in [0.1, 0.15) is 13.2 Å². The van der Waals surface area contributed by atoms with Gasteiger partial charge in [-0.1, -0.05) is 338 Å². The van der Waals surface area contributed by atoms with Gasteiger partial charge in [-0.25, -0.2) is 0 Å². The van der Waals surface area contributed by atoms with E-state index in [9.17, 15) is 14.4 Å². The van der Waals surface area contributed by atoms with Crippen molar-refractivity contribution >= 4 is 17.9 Å². The lowest BCUT2D eigenvalue weighted by atomic mass is 10.0. The predicted octanol–water partition coefficient (Wildman–Crippen LogP) is 24.8. The van der Waals surface area contributed by atoms with Gasteiger partial charge >= 0.3 is 17.9 Å². The van der Waals surface area contributed by atoms with Gasteiger partial charge in [0.25, 0.3) is 0 Å². The maximum Gasteiger partial charge on any atom is 0.306 e. The van der Waals surface area contributed by atoms with Gasteiger partial charge in [-0.15, -0.1) is 0 Å². The zero-order valence-electron chi connectivity index (χ0n) is 54.8. The van der Waals surface area contributed by atoms with Crippen LogP contribution in [0.4, 0.5) is 0 Å². The smallest absolute Gasteiger partial charge is 0.306 e. The van der Waals surface area contributed by atoms with Crippen molar-refractivity contribution in [3.8, 4) is 0 Å². The maximum atomic E-state index is 12.9. The van der Waals surface area contributed by atoms with Crippen molar-refractivity contribution in [3.05, 3.63) is 72.9 Å². The van der Waals surface area contributed by atoms with Crippen LogP contribution >= 0.6 is 0 Å². The number of carbonyl (C=O) groups excluding carboxylic acids is 3. The zero-order chi connectivity index (χ0) is 59.2. The Balaban J connectivity index is 4.22. The molecule has 1 unspecified atom stereocenters. The van der Waals surface area contributed by atoms with Gasteiger partial charge in [-0.2, -0.15) is 0 Å². The fourth-order valence-electron chi connectivity index (χ4n) is 10.6. The number of carbonyl (C=O) groups is 3. The summed E-state index contributed by atoms with van der Waals surface area (Å²) in [5.74, 6) is -0.856. The molecule has 0 saturated carbocycles. The van der Waals surface area contributed by atoms with Crippen LogP contribution in [0.5, 0.6) is 0 Å². The summed E-state index contributed by atoms with van der Waals surface area (Å²) in [4.78, 5) is 38.4. The summed E-state index contributed by atoms with van der Waals surface area (Å²) in [6.07, 6.45) is 92.2. The third kappa shape index (κ3) is 67.6. The molecule has 0 aliphatic heterocycles. The van der Waals surface area contributed by atoms with Crippen LogP contribution in [0.1, 0.15) is 374 Å². The molecule has 476 valence electrons. The molecule has 0 aromatic heterocycles. The lowest BCUT2D eigenvalue weighted by Gasteiger charge is -2.18. The quantitative estimate of drug-likeness (QED) is 0.0261. The first kappa shape index (κ1) is 78.8. The Kier molecular flexibility index (Phi) is 67.6. The van der Waals surface area contributed by atoms with E-state index in [1.165, 1.54) is 238 Å². The third-order valence-corrected chi connectivity index (χ3v) is 15.9. The molecule has 0 heterocycles. The molecule has 0 aromatic carbocycles. The number of allylic oxidation sites excluding steroid dienone is 12. The average molecular weight is 1150 g/mol. The Hall–Kier alpha value is -3.15. The van der Waals surface area contributed by atoms with E-state index in [-0.39, 0.29) is 31.1 Å². The Morgan fingerprint density at radius 2 is 0.476 bits per heavy atom. The molecule has 0 aromatic rings. The van der Waals surface area contributed by atoms with Crippen molar-refractivity contribution in [2.24, 2.45) is 0 Å². The SMILES string of the molecule is CC/C=C\C/C=C\C/C=C\C/C=C\C/C=C\CCCCCCCCCCCCCCCCCC(=O)OCC(COC(=O)CCCCCCC/C=C\CCCCCCCC)OC(=O)CCCCCCCCCCCCCCCCCCCC. The van der Waals surface area contributed by atoms with Gasteiger partial charge in [0.05, 0.1) is 0 Å². The molecule has 6 heteroatoms. The highest BCUT2D eigenvalue weighted by Gasteiger charge is 2.19. The highest BCUT2D eigenvalue weighted by molar-refractivity contribution is 5.71. The molecule has 0 bridgehead atoms. The summed E-state index contributed by atoms with van der Waals surface area (Å²) in [5, 5.41) is 0. The second-order valence-corrected chi connectivity index (χ2v) is 24.1. The van der Waals surface area contributed by atoms with E-state index in [4.69, 9.17) is 14.2 Å². The first-order valence-electron chi connectivity index (χ1n) is 35.9. The van der Waals surface area contributed by atoms with Gasteiger partial charge in [0.15, 0.2) is 6.10 Å². The molecular formula is C76H136O6. The van der Waals surface area contributed by atoms with Gasteiger partial charge in [0.2, 0.25) is 0 Å². The third-order valence-electron chi connectivity index (χ3n) is 15.9. The fourth-order valence-corrected chi connectivity index (χ4v) is 10.6. The first-order valence-corrected chi connectivity index (χ1v) is 35.9. The molecule has 0 fully saturated rings. The molecule has 0 aliphatic carbocycles. The second-order valence-electron chi connectivity index (χ2n) is 24.1. The van der Waals surface area contributed by atoms with Crippen LogP contribution in [0, 0.1) is 0 Å². The van der Waals surface area contributed by atoms with E-state index < -0.39 is 6.10 Å². The molecule has 0 saturated heterocycles. The number of hydrogen-bond acceptors (Lipinski definition) is 6. The van der Waals surface area contributed by atoms with Crippen LogP contribution in [-0.2, 0) is 28.6 Å². The van der Waals surface area contributed by atoms with E-state index in [1.807, 2.05) is 0 Å². The van der Waals surface area contributed by atoms with E-state index in [2.05, 4.69) is 93.7 Å². The number of hydrogen-bond donors (Lipinski definition) is 0. The first-order chi connectivity index (χ1) is 40.5. The van der Waals surface area contributed by atoms with Gasteiger partial charge in [0, 0.05) is 19.3 Å². The average Bonchev–Trinajstić information content (AvgIpc) is 3.47. The molecule has 82 heavy (non-hydrogen) atoms. The fraction of sp³-hybridized carbons (Fsp3) is 0.803. The van der Waals surface area contributed by atoms with Crippen molar-refractivity contribution in [1.29, 1.82) is 0 Å². The zero-order valence-corrected chi connectivity index (χ0v) is 54.8. The molecular weight excluding hydrogens is 1010 g/mol. The molecule has 0 amide bonds. The standard InChI is InChI=1S/C76H136O6/c1-4-7-10-13-16-19-22-25-28-30-32-33-34-35-36-37-38-39-40-41-42-43-44-46-48-51-54-57-60-63-66-69-75(78)81-72-73(71-80-74(77)68-65-62-59-56-53-50-47-27-24-21-18-15-12-9-6-3)82-76(79)70-67-64-61-58-55-52-49-45-31-29-26-23-20-17-14-11-8-5-2/h7,10,16,19,25,27-28,32-33,35-36,47,73H,4-6,8-9,11-15,17-18,20-24,26,29-31,34,37-46,48-72H2,1-3H3/b10-7-,19-16-,28-25-,33-32-,36-35-,47-27-. The lowest BCUT2D eigenvalue weighted by molar-refractivity contribution is -0.167. The van der Waals surface area contributed by atoms with Gasteiger partial charge < -0.3 is 14.2 Å². The topological polar surface area (TPSA) is 78.9 Å². The lowest BCUT2D eigenvalue weighted by Crippen LogP contribution is -2.30. The summed E-state index contributed by atoms with van der Waals surface area (Å²) in [6, 6.07) is 0. The minimum atomic E-state index is -0.777. The minimum Gasteiger partial charge on any atom is -0.462 e. The Morgan fingerprint density at radius 1 is 0.256 bits per heavy atom. The summed E-state index contributed by atoms with van der Waals surface area (Å²) in [6.45, 7) is 6.58. The van der Waals surface area contributed by atoms with E-state index in [0.29, 0.717) is 19.3 Å². The van der Waals surface area contributed by atoms with Crippen LogP contribution in [0.2, 0.25) is 0 Å². The second kappa shape index (κ2) is 70.3. The molecule has 0 aliphatic rings. The number of unbranched alkanes of at least 4 members (excludes halogenated alkanes) is 43. The molecule has 6 nitrogen and oxygen atoms in total. The summed E-state index contributed by atoms with van der Waals surface area (Å²) in [7, 11) is 0. The molecule has 0 radical (unpaired) electrons. The number of rotatable bonds is 66. The van der Waals surface area contributed by atoms with E-state index in [0.717, 1.165) is 96.3 Å². The maximum absolute atomic E-state index is 12.9. The van der Waals surface area contributed by atoms with Crippen LogP contribution in [0.25, 0.3) is 0 Å². The van der Waals surface area contributed by atoms with Crippen molar-refractivity contribution < 1.29 is 28.6 Å². The van der Waals surface area contributed by atoms with Crippen molar-refractivity contribution in [3.63, 3.8) is 0 Å². The highest BCUT2D eigenvalue weighted by atomic mass is 16.6. The molecule has 0 spiro atoms. The molecule has 1 atom stereocenters. The predicted molar refractivity (Wildman–Crippen MR) is 358 cm³/mol. The summed E-state index contributed by atoms with van der Waals surface area (Å²) >= 11 is 0. The van der Waals surface area contributed by atoms with Crippen LogP contribution < -0.4 is 0 Å². The highest BCUT2D eigenvalue weighted by Crippen LogP contribution is 2.18. The number of ether oxygens (including phenoxy) is 3. The van der Waals surface area contributed by atoms with E-state index >= 15 is 0 Å². The van der Waals surface area contributed by atoms with Gasteiger partial charge in [-0.05, 0) is 89.9 Å². The van der Waals surface area contributed by atoms with Crippen molar-refractivity contribution in [2.75, 3.05) is 13.2 Å². The monoisotopic (exact) mass is 1150 g/mol. The number of esters is 3. The summed E-state index contributed by atoms with van der Waals surface area (Å²) in [5.41, 5.74) is 0. The van der Waals surface area contributed by atoms with Crippen LogP contribution in [-0.4, -0.2) is 37.2 Å².